The normalized spacial score (nSPS) is 16.5. The number of aromatic nitrogens is 2. The van der Waals surface area contributed by atoms with E-state index in [0.29, 0.717) is 5.75 Å². The number of ether oxygens (including phenoxy) is 2. The van der Waals surface area contributed by atoms with E-state index in [1.54, 1.807) is 51.1 Å². The molecule has 0 amide bonds. The second kappa shape index (κ2) is 13.8. The molecule has 4 unspecified atom stereocenters. The highest BCUT2D eigenvalue weighted by Gasteiger charge is 2.31. The molecule has 2 rings (SSSR count). The number of aliphatic hydroxyl groups is 2. The molecule has 12 nitrogen and oxygen atoms in total. The predicted octanol–water partition coefficient (Wildman–Crippen LogP) is 1.04. The number of esters is 1. The van der Waals surface area contributed by atoms with Crippen LogP contribution in [0.2, 0.25) is 0 Å². The summed E-state index contributed by atoms with van der Waals surface area (Å²) in [6.07, 6.45) is -2.62. The number of benzene rings is 1. The van der Waals surface area contributed by atoms with Crippen LogP contribution in [0.15, 0.2) is 52.2 Å². The van der Waals surface area contributed by atoms with Gasteiger partial charge in [-0.2, -0.15) is 0 Å². The van der Waals surface area contributed by atoms with Gasteiger partial charge in [0.15, 0.2) is 6.23 Å². The largest absolute Gasteiger partial charge is 0.462 e. The molecular weight excluding hydrogens is 513 g/mol. The first kappa shape index (κ1) is 29.8. The van der Waals surface area contributed by atoms with Crippen LogP contribution in [0.25, 0.3) is 0 Å². The maximum atomic E-state index is 12.4. The number of para-hydroxylation sites is 1. The van der Waals surface area contributed by atoms with Gasteiger partial charge in [0.05, 0.1) is 25.4 Å². The Bertz CT molecular complexity index is 1140. The van der Waals surface area contributed by atoms with Crippen LogP contribution in [-0.4, -0.2) is 63.3 Å². The lowest BCUT2D eigenvalue weighted by atomic mass is 10.2. The lowest BCUT2D eigenvalue weighted by Crippen LogP contribution is -2.40. The zero-order valence-corrected chi connectivity index (χ0v) is 22.1. The molecule has 0 aliphatic carbocycles. The average Bonchev–Trinajstić information content (AvgIpc) is 2.79. The van der Waals surface area contributed by atoms with E-state index in [9.17, 15) is 24.6 Å². The lowest BCUT2D eigenvalue weighted by Gasteiger charge is -2.30. The first-order valence-electron chi connectivity index (χ1n) is 11.2. The molecule has 0 saturated carbocycles. The third kappa shape index (κ3) is 9.25. The molecule has 0 radical (unpaired) electrons. The van der Waals surface area contributed by atoms with Crippen molar-refractivity contribution >= 4 is 24.4 Å². The molecule has 0 aliphatic rings. The van der Waals surface area contributed by atoms with Gasteiger partial charge in [0.2, 0.25) is 0 Å². The Labute approximate surface area is 213 Å². The van der Waals surface area contributed by atoms with Crippen molar-refractivity contribution in [3.63, 3.8) is 0 Å². The minimum atomic E-state index is -3.42. The molecule has 1 aromatic heterocycles. The highest BCUT2D eigenvalue weighted by atomic mass is 32.5. The highest BCUT2D eigenvalue weighted by molar-refractivity contribution is 8.09. The maximum Gasteiger partial charge on any atom is 0.330 e. The van der Waals surface area contributed by atoms with Crippen molar-refractivity contribution in [1.82, 2.24) is 14.6 Å². The first-order valence-corrected chi connectivity index (χ1v) is 13.8. The van der Waals surface area contributed by atoms with Crippen molar-refractivity contribution in [2.24, 2.45) is 0 Å². The van der Waals surface area contributed by atoms with Gasteiger partial charge >= 0.3 is 18.3 Å². The summed E-state index contributed by atoms with van der Waals surface area (Å²) < 4.78 is 23.7. The van der Waals surface area contributed by atoms with Crippen molar-refractivity contribution < 1.29 is 33.5 Å². The summed E-state index contributed by atoms with van der Waals surface area (Å²) >= 11 is 5.63. The molecule has 0 saturated heterocycles. The summed E-state index contributed by atoms with van der Waals surface area (Å²) in [4.78, 5) is 37.9. The molecule has 4 N–H and O–H groups in total. The van der Waals surface area contributed by atoms with E-state index in [1.807, 2.05) is 0 Å². The quantitative estimate of drug-likeness (QED) is 0.198. The van der Waals surface area contributed by atoms with Gasteiger partial charge in [-0.15, -0.1) is 0 Å². The number of carbonyl (C=O) groups is 1. The Kier molecular flexibility index (Phi) is 11.4. The maximum absolute atomic E-state index is 12.4. The van der Waals surface area contributed by atoms with Crippen LogP contribution in [0.1, 0.15) is 33.9 Å². The van der Waals surface area contributed by atoms with Crippen LogP contribution in [0.5, 0.6) is 5.75 Å². The summed E-state index contributed by atoms with van der Waals surface area (Å²) in [6.45, 7) is 2.03. The molecule has 2 aromatic rings. The Morgan fingerprint density at radius 2 is 1.83 bits per heavy atom. The number of H-pyrrole nitrogens is 1. The SMILES string of the molecule is CC(C)OC(=O)C(C)NP(=S)(OCC(OC(CO)n1ccc(=O)[nH]c1=O)[C@H](C)O)Oc1ccccc1. The standard InChI is InChI=1S/C22H32N3O9PS/c1-14(2)32-21(29)15(3)24-35(36,34-17-8-6-5-7-9-17)31-13-18(16(4)27)33-20(12-26)25-11-10-19(28)23-22(25)30/h5-11,14-16,18,20,26-27H,12-13H2,1-4H3,(H,24,36)(H,23,28,30)/t15?,16-,18?,20?,35?/m0/s1. The fourth-order valence-electron chi connectivity index (χ4n) is 2.85. The van der Waals surface area contributed by atoms with Gasteiger partial charge in [-0.25, -0.2) is 9.88 Å². The van der Waals surface area contributed by atoms with E-state index in [2.05, 4.69) is 10.1 Å². The number of rotatable bonds is 14. The van der Waals surface area contributed by atoms with E-state index in [-0.39, 0.29) is 12.7 Å². The number of aliphatic hydroxyl groups excluding tert-OH is 2. The number of aromatic amines is 1. The van der Waals surface area contributed by atoms with Crippen molar-refractivity contribution in [3.05, 3.63) is 63.4 Å². The molecule has 200 valence electrons. The van der Waals surface area contributed by atoms with Crippen molar-refractivity contribution in [2.45, 2.75) is 58.3 Å². The highest BCUT2D eigenvalue weighted by Crippen LogP contribution is 2.45. The predicted molar refractivity (Wildman–Crippen MR) is 135 cm³/mol. The summed E-state index contributed by atoms with van der Waals surface area (Å²) in [5.74, 6) is -0.166. The van der Waals surface area contributed by atoms with Crippen LogP contribution in [0.4, 0.5) is 0 Å². The number of hydrogen-bond donors (Lipinski definition) is 4. The van der Waals surface area contributed by atoms with Crippen LogP contribution in [0.3, 0.4) is 0 Å². The van der Waals surface area contributed by atoms with Crippen LogP contribution in [-0.2, 0) is 30.6 Å². The smallest absolute Gasteiger partial charge is 0.330 e. The molecule has 0 fully saturated rings. The Hall–Kier alpha value is -2.38. The van der Waals surface area contributed by atoms with Gasteiger partial charge in [0.25, 0.3) is 5.56 Å². The first-order chi connectivity index (χ1) is 16.9. The molecular formula is C22H32N3O9PS. The molecule has 1 heterocycles. The number of carbonyl (C=O) groups excluding carboxylic acids is 1. The third-order valence-electron chi connectivity index (χ3n) is 4.62. The van der Waals surface area contributed by atoms with Gasteiger partial charge in [-0.3, -0.25) is 19.1 Å². The van der Waals surface area contributed by atoms with Crippen molar-refractivity contribution in [3.8, 4) is 5.75 Å². The molecule has 5 atom stereocenters. The van der Waals surface area contributed by atoms with E-state index in [4.69, 9.17) is 30.3 Å². The minimum Gasteiger partial charge on any atom is -0.462 e. The fourth-order valence-corrected chi connectivity index (χ4v) is 5.27. The summed E-state index contributed by atoms with van der Waals surface area (Å²) in [7, 11) is 0. The Morgan fingerprint density at radius 1 is 1.17 bits per heavy atom. The summed E-state index contributed by atoms with van der Waals surface area (Å²) in [5.41, 5.74) is -1.42. The summed E-state index contributed by atoms with van der Waals surface area (Å²) in [6, 6.07) is 8.81. The van der Waals surface area contributed by atoms with Crippen LogP contribution < -0.4 is 20.9 Å². The van der Waals surface area contributed by atoms with Gasteiger partial charge < -0.3 is 28.7 Å². The molecule has 0 spiro atoms. The van der Waals surface area contributed by atoms with E-state index < -0.39 is 54.9 Å². The van der Waals surface area contributed by atoms with Crippen molar-refractivity contribution in [2.75, 3.05) is 13.2 Å². The number of hydrogen-bond acceptors (Lipinski definition) is 10. The summed E-state index contributed by atoms with van der Waals surface area (Å²) in [5, 5.41) is 22.9. The molecule has 0 bridgehead atoms. The molecule has 0 aliphatic heterocycles. The zero-order valence-electron chi connectivity index (χ0n) is 20.4. The fraction of sp³-hybridized carbons (Fsp3) is 0.500. The molecule has 36 heavy (non-hydrogen) atoms. The van der Waals surface area contributed by atoms with Gasteiger partial charge in [-0.1, -0.05) is 18.2 Å². The van der Waals surface area contributed by atoms with Gasteiger partial charge in [0, 0.05) is 12.3 Å². The number of nitrogens with one attached hydrogen (secondary N) is 2. The minimum absolute atomic E-state index is 0.324. The second-order valence-corrected chi connectivity index (χ2v) is 11.2. The van der Waals surface area contributed by atoms with Gasteiger partial charge in [-0.05, 0) is 51.6 Å². The van der Waals surface area contributed by atoms with Crippen LogP contribution >= 0.6 is 6.64 Å². The van der Waals surface area contributed by atoms with E-state index >= 15 is 0 Å². The van der Waals surface area contributed by atoms with Crippen molar-refractivity contribution in [1.29, 1.82) is 0 Å². The molecule has 1 aromatic carbocycles. The Balaban J connectivity index is 2.23. The topological polar surface area (TPSA) is 161 Å². The average molecular weight is 546 g/mol. The van der Waals surface area contributed by atoms with E-state index in [1.165, 1.54) is 6.92 Å². The Morgan fingerprint density at radius 3 is 2.39 bits per heavy atom. The molecule has 14 heteroatoms. The van der Waals surface area contributed by atoms with Gasteiger partial charge in [0.1, 0.15) is 17.9 Å². The second-order valence-electron chi connectivity index (χ2n) is 8.10. The van der Waals surface area contributed by atoms with E-state index in [0.717, 1.165) is 16.8 Å². The monoisotopic (exact) mass is 545 g/mol. The van der Waals surface area contributed by atoms with Crippen LogP contribution in [0, 0.1) is 0 Å². The zero-order chi connectivity index (χ0) is 26.9. The third-order valence-corrected chi connectivity index (χ3v) is 7.12. The number of nitrogens with zero attached hydrogens (tertiary/aromatic N) is 1. The lowest BCUT2D eigenvalue weighted by molar-refractivity contribution is -0.149.